The summed E-state index contributed by atoms with van der Waals surface area (Å²) in [4.78, 5) is 2.41. The Balaban J connectivity index is 2.29. The van der Waals surface area contributed by atoms with Gasteiger partial charge in [-0.15, -0.1) is 0 Å². The first-order valence-corrected chi connectivity index (χ1v) is 6.25. The number of hydrogen-bond donors (Lipinski definition) is 2. The number of nitrogens with one attached hydrogen (secondary N) is 1. The van der Waals surface area contributed by atoms with Crippen LogP contribution in [0, 0.1) is 10.8 Å². The number of rotatable bonds is 9. The number of amidine groups is 1. The van der Waals surface area contributed by atoms with Crippen LogP contribution in [0.15, 0.2) is 0 Å². The Bertz CT molecular complexity index is 226. The average Bonchev–Trinajstić information content (AvgIpc) is 2.96. The molecule has 1 saturated carbocycles. The van der Waals surface area contributed by atoms with Crippen LogP contribution in [0.1, 0.15) is 33.1 Å². The van der Waals surface area contributed by atoms with Crippen LogP contribution in [0.2, 0.25) is 0 Å². The van der Waals surface area contributed by atoms with Gasteiger partial charge in [-0.3, -0.25) is 5.41 Å². The van der Waals surface area contributed by atoms with Gasteiger partial charge < -0.3 is 15.4 Å². The summed E-state index contributed by atoms with van der Waals surface area (Å²) >= 11 is 0. The van der Waals surface area contributed by atoms with E-state index in [2.05, 4.69) is 11.8 Å². The third-order valence-electron chi connectivity index (χ3n) is 3.28. The fourth-order valence-corrected chi connectivity index (χ4v) is 2.13. The molecule has 0 saturated heterocycles. The Morgan fingerprint density at radius 3 is 2.56 bits per heavy atom. The van der Waals surface area contributed by atoms with E-state index < -0.39 is 0 Å². The summed E-state index contributed by atoms with van der Waals surface area (Å²) in [6.07, 6.45) is 3.20. The molecule has 16 heavy (non-hydrogen) atoms. The zero-order valence-corrected chi connectivity index (χ0v) is 10.6. The van der Waals surface area contributed by atoms with E-state index in [-0.39, 0.29) is 0 Å². The van der Waals surface area contributed by atoms with Crippen LogP contribution in [-0.2, 0) is 4.74 Å². The van der Waals surface area contributed by atoms with Crippen LogP contribution < -0.4 is 5.73 Å². The van der Waals surface area contributed by atoms with E-state index in [1.807, 2.05) is 6.92 Å². The van der Waals surface area contributed by atoms with Crippen LogP contribution in [0.3, 0.4) is 0 Å². The molecule has 0 radical (unpaired) electrons. The SMILES string of the molecule is CCOCCN(CC)CC1(CC(=N)N)CC1. The lowest BCUT2D eigenvalue weighted by atomic mass is 10.0. The summed E-state index contributed by atoms with van der Waals surface area (Å²) in [5, 5.41) is 7.39. The molecule has 3 N–H and O–H groups in total. The smallest absolute Gasteiger partial charge is 0.0911 e. The van der Waals surface area contributed by atoms with E-state index in [1.165, 1.54) is 12.8 Å². The fourth-order valence-electron chi connectivity index (χ4n) is 2.13. The molecule has 0 unspecified atom stereocenters. The van der Waals surface area contributed by atoms with Gasteiger partial charge in [-0.1, -0.05) is 6.92 Å². The summed E-state index contributed by atoms with van der Waals surface area (Å²) < 4.78 is 5.37. The summed E-state index contributed by atoms with van der Waals surface area (Å²) in [6, 6.07) is 0. The largest absolute Gasteiger partial charge is 0.388 e. The highest BCUT2D eigenvalue weighted by Crippen LogP contribution is 2.49. The Morgan fingerprint density at radius 1 is 1.44 bits per heavy atom. The number of likely N-dealkylation sites (N-methyl/N-ethyl adjacent to an activating group) is 1. The third-order valence-corrected chi connectivity index (χ3v) is 3.28. The second kappa shape index (κ2) is 6.21. The number of hydrogen-bond acceptors (Lipinski definition) is 3. The average molecular weight is 227 g/mol. The minimum Gasteiger partial charge on any atom is -0.388 e. The molecule has 0 heterocycles. The van der Waals surface area contributed by atoms with Gasteiger partial charge in [0, 0.05) is 26.1 Å². The van der Waals surface area contributed by atoms with E-state index in [0.717, 1.165) is 39.3 Å². The molecule has 0 aromatic carbocycles. The molecule has 1 aliphatic carbocycles. The molecule has 4 heteroatoms. The zero-order valence-electron chi connectivity index (χ0n) is 10.6. The van der Waals surface area contributed by atoms with Gasteiger partial charge in [-0.05, 0) is 31.7 Å². The molecule has 0 spiro atoms. The molecule has 0 amide bonds. The highest BCUT2D eigenvalue weighted by atomic mass is 16.5. The Labute approximate surface area is 98.6 Å². The molecule has 4 nitrogen and oxygen atoms in total. The van der Waals surface area contributed by atoms with Crippen molar-refractivity contribution in [2.45, 2.75) is 33.1 Å². The molecular weight excluding hydrogens is 202 g/mol. The monoisotopic (exact) mass is 227 g/mol. The second-order valence-electron chi connectivity index (χ2n) is 4.77. The predicted molar refractivity (Wildman–Crippen MR) is 66.8 cm³/mol. The Kier molecular flexibility index (Phi) is 5.22. The maximum atomic E-state index is 7.39. The van der Waals surface area contributed by atoms with E-state index in [0.29, 0.717) is 11.3 Å². The minimum absolute atomic E-state index is 0.314. The second-order valence-corrected chi connectivity index (χ2v) is 4.77. The van der Waals surface area contributed by atoms with Crippen molar-refractivity contribution in [3.8, 4) is 0 Å². The maximum Gasteiger partial charge on any atom is 0.0911 e. The predicted octanol–water partition coefficient (Wildman–Crippen LogP) is 1.45. The van der Waals surface area contributed by atoms with Crippen molar-refractivity contribution >= 4 is 5.84 Å². The molecule has 0 aliphatic heterocycles. The molecule has 94 valence electrons. The lowest BCUT2D eigenvalue weighted by molar-refractivity contribution is 0.107. The normalized spacial score (nSPS) is 17.7. The van der Waals surface area contributed by atoms with Gasteiger partial charge >= 0.3 is 0 Å². The first kappa shape index (κ1) is 13.5. The van der Waals surface area contributed by atoms with Crippen LogP contribution in [0.5, 0.6) is 0 Å². The molecule has 0 aromatic rings. The summed E-state index contributed by atoms with van der Waals surface area (Å²) in [7, 11) is 0. The molecule has 1 rings (SSSR count). The standard InChI is InChI=1S/C12H25N3O/c1-3-15(7-8-16-4-2)10-12(5-6-12)9-11(13)14/h3-10H2,1-2H3,(H3,13,14). The summed E-state index contributed by atoms with van der Waals surface area (Å²) in [5.74, 6) is 0.332. The van der Waals surface area contributed by atoms with Crippen LogP contribution >= 0.6 is 0 Å². The van der Waals surface area contributed by atoms with Gasteiger partial charge in [0.25, 0.3) is 0 Å². The van der Waals surface area contributed by atoms with Gasteiger partial charge in [0.15, 0.2) is 0 Å². The van der Waals surface area contributed by atoms with Crippen molar-refractivity contribution in [1.29, 1.82) is 5.41 Å². The highest BCUT2D eigenvalue weighted by Gasteiger charge is 2.43. The molecule has 0 aromatic heterocycles. The lowest BCUT2D eigenvalue weighted by Crippen LogP contribution is -2.35. The highest BCUT2D eigenvalue weighted by molar-refractivity contribution is 5.78. The lowest BCUT2D eigenvalue weighted by Gasteiger charge is -2.25. The quantitative estimate of drug-likeness (QED) is 0.356. The zero-order chi connectivity index (χ0) is 12.0. The van der Waals surface area contributed by atoms with Crippen molar-refractivity contribution < 1.29 is 4.74 Å². The van der Waals surface area contributed by atoms with Crippen molar-refractivity contribution in [3.05, 3.63) is 0 Å². The van der Waals surface area contributed by atoms with Gasteiger partial charge in [0.1, 0.15) is 0 Å². The van der Waals surface area contributed by atoms with Gasteiger partial charge in [0.2, 0.25) is 0 Å². The van der Waals surface area contributed by atoms with E-state index in [4.69, 9.17) is 15.9 Å². The topological polar surface area (TPSA) is 62.3 Å². The number of nitrogens with two attached hydrogens (primary N) is 1. The maximum absolute atomic E-state index is 7.39. The molecule has 0 atom stereocenters. The van der Waals surface area contributed by atoms with Gasteiger partial charge in [0.05, 0.1) is 12.4 Å². The Morgan fingerprint density at radius 2 is 2.12 bits per heavy atom. The minimum atomic E-state index is 0.314. The fraction of sp³-hybridized carbons (Fsp3) is 0.917. The summed E-state index contributed by atoms with van der Waals surface area (Å²) in [6.45, 7) is 8.90. The van der Waals surface area contributed by atoms with Gasteiger partial charge in [-0.25, -0.2) is 0 Å². The Hall–Kier alpha value is -0.610. The molecule has 1 aliphatic rings. The van der Waals surface area contributed by atoms with Crippen molar-refractivity contribution in [3.63, 3.8) is 0 Å². The van der Waals surface area contributed by atoms with Crippen molar-refractivity contribution in [1.82, 2.24) is 4.90 Å². The number of ether oxygens (including phenoxy) is 1. The van der Waals surface area contributed by atoms with E-state index in [1.54, 1.807) is 0 Å². The van der Waals surface area contributed by atoms with E-state index >= 15 is 0 Å². The van der Waals surface area contributed by atoms with E-state index in [9.17, 15) is 0 Å². The molecular formula is C12H25N3O. The summed E-state index contributed by atoms with van der Waals surface area (Å²) in [5.41, 5.74) is 5.81. The first-order chi connectivity index (χ1) is 7.62. The first-order valence-electron chi connectivity index (χ1n) is 6.25. The van der Waals surface area contributed by atoms with Crippen LogP contribution in [0.4, 0.5) is 0 Å². The number of nitrogens with zero attached hydrogens (tertiary/aromatic N) is 1. The molecule has 1 fully saturated rings. The van der Waals surface area contributed by atoms with Gasteiger partial charge in [-0.2, -0.15) is 0 Å². The van der Waals surface area contributed by atoms with Crippen LogP contribution in [0.25, 0.3) is 0 Å². The van der Waals surface area contributed by atoms with Crippen molar-refractivity contribution in [2.75, 3.05) is 32.8 Å². The van der Waals surface area contributed by atoms with Crippen LogP contribution in [-0.4, -0.2) is 43.6 Å². The van der Waals surface area contributed by atoms with Crippen molar-refractivity contribution in [2.24, 2.45) is 11.1 Å². The molecule has 0 bridgehead atoms. The third kappa shape index (κ3) is 4.49.